The number of rotatable bonds is 4. The molecule has 5 nitrogen and oxygen atoms in total. The van der Waals surface area contributed by atoms with Gasteiger partial charge in [-0.3, -0.25) is 9.36 Å². The van der Waals surface area contributed by atoms with Crippen LogP contribution in [0.3, 0.4) is 0 Å². The minimum atomic E-state index is -0.572. The van der Waals surface area contributed by atoms with E-state index in [2.05, 4.69) is 10.3 Å². The maximum absolute atomic E-state index is 12.6. The van der Waals surface area contributed by atoms with Crippen molar-refractivity contribution in [2.24, 2.45) is 0 Å². The number of carbonyl (C=O) groups excluding carboxylic acids is 1. The third-order valence-corrected chi connectivity index (χ3v) is 4.05. The predicted octanol–water partition coefficient (Wildman–Crippen LogP) is 3.07. The van der Waals surface area contributed by atoms with E-state index in [-0.39, 0.29) is 11.6 Å². The number of aromatic nitrogens is 2. The van der Waals surface area contributed by atoms with Crippen LogP contribution in [-0.4, -0.2) is 15.5 Å². The van der Waals surface area contributed by atoms with Gasteiger partial charge in [-0.2, -0.15) is 4.98 Å². The Morgan fingerprint density at radius 1 is 1.17 bits per heavy atom. The summed E-state index contributed by atoms with van der Waals surface area (Å²) < 4.78 is 1.46. The van der Waals surface area contributed by atoms with Crippen LogP contribution in [0.15, 0.2) is 29.1 Å². The van der Waals surface area contributed by atoms with Gasteiger partial charge in [-0.05, 0) is 63.4 Å². The number of nitrogens with zero attached hydrogens (tertiary/aromatic N) is 2. The summed E-state index contributed by atoms with van der Waals surface area (Å²) in [7, 11) is 0. The smallest absolute Gasteiger partial charge is 0.324 e. The zero-order chi connectivity index (χ0) is 17.1. The van der Waals surface area contributed by atoms with Crippen LogP contribution in [-0.2, 0) is 4.79 Å². The standard InChI is InChI=1S/C18H23N3O2/c1-6-16(21-14(5)10-13(4)19-18(21)23)17(22)20-15-8-7-11(2)12(3)9-15/h7-10,16H,6H2,1-5H3,(H,20,22)/t16-/m0/s1. The fourth-order valence-corrected chi connectivity index (χ4v) is 2.67. The van der Waals surface area contributed by atoms with Crippen molar-refractivity contribution in [3.05, 3.63) is 57.3 Å². The molecule has 0 saturated carbocycles. The molecule has 2 aromatic rings. The van der Waals surface area contributed by atoms with Crippen LogP contribution in [0.25, 0.3) is 0 Å². The zero-order valence-corrected chi connectivity index (χ0v) is 14.3. The topological polar surface area (TPSA) is 64.0 Å². The molecule has 1 aromatic heterocycles. The molecule has 122 valence electrons. The normalized spacial score (nSPS) is 12.0. The van der Waals surface area contributed by atoms with E-state index in [4.69, 9.17) is 0 Å². The van der Waals surface area contributed by atoms with E-state index in [0.717, 1.165) is 16.9 Å². The molecule has 1 aromatic carbocycles. The lowest BCUT2D eigenvalue weighted by Gasteiger charge is -2.20. The largest absolute Gasteiger partial charge is 0.348 e. The molecule has 0 aliphatic heterocycles. The molecule has 0 aliphatic rings. The Balaban J connectivity index is 2.32. The van der Waals surface area contributed by atoms with Crippen LogP contribution in [0, 0.1) is 27.7 Å². The van der Waals surface area contributed by atoms with Gasteiger partial charge < -0.3 is 5.32 Å². The molecule has 0 unspecified atom stereocenters. The van der Waals surface area contributed by atoms with Crippen LogP contribution in [0.5, 0.6) is 0 Å². The third kappa shape index (κ3) is 3.67. The van der Waals surface area contributed by atoms with Gasteiger partial charge in [0.1, 0.15) is 6.04 Å². The minimum absolute atomic E-state index is 0.202. The molecule has 0 aliphatic carbocycles. The molecular weight excluding hydrogens is 290 g/mol. The Morgan fingerprint density at radius 3 is 2.43 bits per heavy atom. The van der Waals surface area contributed by atoms with Crippen LogP contribution < -0.4 is 11.0 Å². The van der Waals surface area contributed by atoms with Gasteiger partial charge in [0.2, 0.25) is 5.91 Å². The van der Waals surface area contributed by atoms with E-state index in [0.29, 0.717) is 12.1 Å². The van der Waals surface area contributed by atoms with E-state index in [9.17, 15) is 9.59 Å². The average Bonchev–Trinajstić information content (AvgIpc) is 2.46. The number of nitrogens with one attached hydrogen (secondary N) is 1. The van der Waals surface area contributed by atoms with Crippen LogP contribution in [0.1, 0.15) is 41.9 Å². The molecule has 1 atom stereocenters. The van der Waals surface area contributed by atoms with Crippen molar-refractivity contribution in [1.29, 1.82) is 0 Å². The number of hydrogen-bond donors (Lipinski definition) is 1. The maximum Gasteiger partial charge on any atom is 0.348 e. The van der Waals surface area contributed by atoms with Gasteiger partial charge >= 0.3 is 5.69 Å². The van der Waals surface area contributed by atoms with Gasteiger partial charge in [-0.15, -0.1) is 0 Å². The minimum Gasteiger partial charge on any atom is -0.324 e. The molecule has 0 spiro atoms. The number of anilines is 1. The number of benzene rings is 1. The molecule has 2 rings (SSSR count). The van der Waals surface area contributed by atoms with E-state index < -0.39 is 6.04 Å². The summed E-state index contributed by atoms with van der Waals surface area (Å²) in [5.41, 5.74) is 4.04. The van der Waals surface area contributed by atoms with Gasteiger partial charge in [0.05, 0.1) is 0 Å². The van der Waals surface area contributed by atoms with E-state index >= 15 is 0 Å². The van der Waals surface area contributed by atoms with E-state index in [1.807, 2.05) is 52.0 Å². The summed E-state index contributed by atoms with van der Waals surface area (Å²) in [5.74, 6) is -0.202. The SMILES string of the molecule is CC[C@@H](C(=O)Nc1ccc(C)c(C)c1)n1c(C)cc(C)nc1=O. The van der Waals surface area contributed by atoms with E-state index in [1.165, 1.54) is 10.1 Å². The zero-order valence-electron chi connectivity index (χ0n) is 14.3. The van der Waals surface area contributed by atoms with Crippen LogP contribution >= 0.6 is 0 Å². The molecule has 0 fully saturated rings. The summed E-state index contributed by atoms with van der Waals surface area (Å²) in [4.78, 5) is 28.8. The van der Waals surface area contributed by atoms with Gasteiger partial charge in [-0.25, -0.2) is 4.79 Å². The highest BCUT2D eigenvalue weighted by atomic mass is 16.2. The van der Waals surface area contributed by atoms with E-state index in [1.54, 1.807) is 6.92 Å². The van der Waals surface area contributed by atoms with Crippen molar-refractivity contribution in [3.8, 4) is 0 Å². The lowest BCUT2D eigenvalue weighted by molar-refractivity contribution is -0.119. The first-order chi connectivity index (χ1) is 10.8. The van der Waals surface area contributed by atoms with Crippen molar-refractivity contribution >= 4 is 11.6 Å². The average molecular weight is 313 g/mol. The number of carbonyl (C=O) groups is 1. The second-order valence-corrected chi connectivity index (χ2v) is 5.90. The molecule has 0 radical (unpaired) electrons. The first kappa shape index (κ1) is 16.9. The fourth-order valence-electron chi connectivity index (χ4n) is 2.67. The fraction of sp³-hybridized carbons (Fsp3) is 0.389. The highest BCUT2D eigenvalue weighted by Crippen LogP contribution is 2.18. The van der Waals surface area contributed by atoms with Crippen molar-refractivity contribution in [1.82, 2.24) is 9.55 Å². The number of aryl methyl sites for hydroxylation is 4. The van der Waals surface area contributed by atoms with Crippen molar-refractivity contribution in [2.45, 2.75) is 47.1 Å². The van der Waals surface area contributed by atoms with Gasteiger partial charge in [0.25, 0.3) is 0 Å². The van der Waals surface area contributed by atoms with Crippen LogP contribution in [0.2, 0.25) is 0 Å². The molecule has 0 saturated heterocycles. The highest BCUT2D eigenvalue weighted by Gasteiger charge is 2.22. The van der Waals surface area contributed by atoms with Crippen molar-refractivity contribution < 1.29 is 4.79 Å². The molecular formula is C18H23N3O2. The Kier molecular flexibility index (Phi) is 4.98. The lowest BCUT2D eigenvalue weighted by Crippen LogP contribution is -2.36. The first-order valence-electron chi connectivity index (χ1n) is 7.78. The van der Waals surface area contributed by atoms with Gasteiger partial charge in [0.15, 0.2) is 0 Å². The highest BCUT2D eigenvalue weighted by molar-refractivity contribution is 5.93. The van der Waals surface area contributed by atoms with Crippen molar-refractivity contribution in [2.75, 3.05) is 5.32 Å². The summed E-state index contributed by atoms with van der Waals surface area (Å²) in [6, 6.07) is 7.01. The summed E-state index contributed by atoms with van der Waals surface area (Å²) in [6.45, 7) is 9.50. The second kappa shape index (κ2) is 6.77. The summed E-state index contributed by atoms with van der Waals surface area (Å²) >= 11 is 0. The monoisotopic (exact) mass is 313 g/mol. The second-order valence-electron chi connectivity index (χ2n) is 5.90. The Hall–Kier alpha value is -2.43. The summed E-state index contributed by atoms with van der Waals surface area (Å²) in [5, 5.41) is 2.90. The molecule has 1 amide bonds. The van der Waals surface area contributed by atoms with Crippen LogP contribution in [0.4, 0.5) is 5.69 Å². The first-order valence-corrected chi connectivity index (χ1v) is 7.78. The molecule has 1 N–H and O–H groups in total. The Labute approximate surface area is 136 Å². The van der Waals surface area contributed by atoms with Gasteiger partial charge in [0, 0.05) is 17.1 Å². The molecule has 5 heteroatoms. The number of amides is 1. The Morgan fingerprint density at radius 2 is 1.87 bits per heavy atom. The number of hydrogen-bond acceptors (Lipinski definition) is 3. The Bertz CT molecular complexity index is 793. The molecule has 23 heavy (non-hydrogen) atoms. The lowest BCUT2D eigenvalue weighted by atomic mass is 10.1. The third-order valence-electron chi connectivity index (χ3n) is 4.05. The summed E-state index contributed by atoms with van der Waals surface area (Å²) in [6.07, 6.45) is 0.516. The maximum atomic E-state index is 12.6. The van der Waals surface area contributed by atoms with Gasteiger partial charge in [-0.1, -0.05) is 13.0 Å². The molecule has 0 bridgehead atoms. The quantitative estimate of drug-likeness (QED) is 0.943. The predicted molar refractivity (Wildman–Crippen MR) is 91.8 cm³/mol. The molecule has 1 heterocycles. The van der Waals surface area contributed by atoms with Crippen molar-refractivity contribution in [3.63, 3.8) is 0 Å².